The largest absolute Gasteiger partial charge is 0.424 e. The molecule has 1 aromatic heterocycles. The normalized spacial score (nSPS) is 11.8. The van der Waals surface area contributed by atoms with Gasteiger partial charge in [0.05, 0.1) is 12.1 Å². The van der Waals surface area contributed by atoms with E-state index in [1.165, 1.54) is 6.07 Å². The van der Waals surface area contributed by atoms with Gasteiger partial charge in [-0.3, -0.25) is 0 Å². The first kappa shape index (κ1) is 13.5. The van der Waals surface area contributed by atoms with Crippen molar-refractivity contribution in [3.8, 4) is 0 Å². The Hall–Kier alpha value is -1.89. The molecule has 0 saturated carbocycles. The molecule has 7 heteroatoms. The molecular formula is C12H12F3N3O. The SMILES string of the molecule is Cc1nnc(CNCc2cccc(C(F)(F)F)c2)o1. The maximum atomic E-state index is 12.5. The molecule has 102 valence electrons. The Bertz CT molecular complexity index is 551. The second-order valence-electron chi connectivity index (χ2n) is 4.02. The number of benzene rings is 1. The van der Waals surface area contributed by atoms with Gasteiger partial charge >= 0.3 is 6.18 Å². The molecule has 0 spiro atoms. The van der Waals surface area contributed by atoms with Crippen molar-refractivity contribution in [2.75, 3.05) is 0 Å². The van der Waals surface area contributed by atoms with Gasteiger partial charge in [0.2, 0.25) is 11.8 Å². The van der Waals surface area contributed by atoms with Crippen molar-refractivity contribution in [3.63, 3.8) is 0 Å². The second kappa shape index (κ2) is 5.40. The van der Waals surface area contributed by atoms with Gasteiger partial charge in [0.25, 0.3) is 0 Å². The van der Waals surface area contributed by atoms with Crippen molar-refractivity contribution in [2.45, 2.75) is 26.2 Å². The van der Waals surface area contributed by atoms with Crippen molar-refractivity contribution in [2.24, 2.45) is 0 Å². The minimum absolute atomic E-state index is 0.297. The quantitative estimate of drug-likeness (QED) is 0.928. The maximum Gasteiger partial charge on any atom is 0.416 e. The van der Waals surface area contributed by atoms with Crippen molar-refractivity contribution in [1.82, 2.24) is 15.5 Å². The third kappa shape index (κ3) is 3.78. The van der Waals surface area contributed by atoms with E-state index >= 15 is 0 Å². The third-order valence-corrected chi connectivity index (χ3v) is 2.43. The summed E-state index contributed by atoms with van der Waals surface area (Å²) < 4.78 is 42.6. The maximum absolute atomic E-state index is 12.5. The number of hydrogen-bond donors (Lipinski definition) is 1. The molecule has 0 radical (unpaired) electrons. The van der Waals surface area contributed by atoms with Gasteiger partial charge in [-0.05, 0) is 11.6 Å². The molecule has 2 aromatic rings. The number of alkyl halides is 3. The monoisotopic (exact) mass is 271 g/mol. The Morgan fingerprint density at radius 1 is 1.21 bits per heavy atom. The van der Waals surface area contributed by atoms with E-state index in [1.54, 1.807) is 13.0 Å². The highest BCUT2D eigenvalue weighted by Crippen LogP contribution is 2.29. The molecule has 0 atom stereocenters. The van der Waals surface area contributed by atoms with Crippen LogP contribution < -0.4 is 5.32 Å². The standard InChI is InChI=1S/C12H12F3N3O/c1-8-17-18-11(19-8)7-16-6-9-3-2-4-10(5-9)12(13,14)15/h2-5,16H,6-7H2,1H3. The van der Waals surface area contributed by atoms with E-state index in [9.17, 15) is 13.2 Å². The predicted molar refractivity (Wildman–Crippen MR) is 61.0 cm³/mol. The van der Waals surface area contributed by atoms with E-state index < -0.39 is 11.7 Å². The number of nitrogens with one attached hydrogen (secondary N) is 1. The molecule has 0 fully saturated rings. The van der Waals surface area contributed by atoms with Crippen LogP contribution in [0.1, 0.15) is 22.9 Å². The minimum atomic E-state index is -4.32. The van der Waals surface area contributed by atoms with Crippen LogP contribution in [0.25, 0.3) is 0 Å². The molecule has 0 aliphatic carbocycles. The highest BCUT2D eigenvalue weighted by Gasteiger charge is 2.30. The number of halogens is 3. The van der Waals surface area contributed by atoms with Crippen LogP contribution in [-0.2, 0) is 19.3 Å². The predicted octanol–water partition coefficient (Wildman–Crippen LogP) is 2.69. The summed E-state index contributed by atoms with van der Waals surface area (Å²) in [5, 5.41) is 10.4. The topological polar surface area (TPSA) is 51.0 Å². The van der Waals surface area contributed by atoms with E-state index in [1.807, 2.05) is 0 Å². The van der Waals surface area contributed by atoms with Gasteiger partial charge in [0, 0.05) is 13.5 Å². The Kier molecular flexibility index (Phi) is 3.84. The van der Waals surface area contributed by atoms with Gasteiger partial charge in [-0.15, -0.1) is 10.2 Å². The van der Waals surface area contributed by atoms with Crippen LogP contribution >= 0.6 is 0 Å². The summed E-state index contributed by atoms with van der Waals surface area (Å²) in [6.07, 6.45) is -4.32. The summed E-state index contributed by atoms with van der Waals surface area (Å²) in [6.45, 7) is 2.28. The van der Waals surface area contributed by atoms with Gasteiger partial charge in [-0.25, -0.2) is 0 Å². The lowest BCUT2D eigenvalue weighted by Crippen LogP contribution is -2.14. The Morgan fingerprint density at radius 2 is 2.00 bits per heavy atom. The molecule has 4 nitrogen and oxygen atoms in total. The summed E-state index contributed by atoms with van der Waals surface area (Å²) in [5.74, 6) is 0.861. The molecule has 0 aliphatic heterocycles. The number of aromatic nitrogens is 2. The van der Waals surface area contributed by atoms with Gasteiger partial charge in [0.1, 0.15) is 0 Å². The summed E-state index contributed by atoms with van der Waals surface area (Å²) >= 11 is 0. The van der Waals surface area contributed by atoms with Crippen LogP contribution in [0.4, 0.5) is 13.2 Å². The molecule has 1 aromatic carbocycles. The highest BCUT2D eigenvalue weighted by molar-refractivity contribution is 5.25. The van der Waals surface area contributed by atoms with Crippen LogP contribution in [0.5, 0.6) is 0 Å². The molecule has 0 amide bonds. The zero-order valence-electron chi connectivity index (χ0n) is 10.2. The fourth-order valence-corrected chi connectivity index (χ4v) is 1.58. The molecule has 19 heavy (non-hydrogen) atoms. The molecule has 0 unspecified atom stereocenters. The Labute approximate surface area is 107 Å². The fourth-order valence-electron chi connectivity index (χ4n) is 1.58. The lowest BCUT2D eigenvalue weighted by molar-refractivity contribution is -0.137. The van der Waals surface area contributed by atoms with E-state index in [0.717, 1.165) is 12.1 Å². The number of aryl methyl sites for hydroxylation is 1. The first-order valence-electron chi connectivity index (χ1n) is 5.61. The lowest BCUT2D eigenvalue weighted by Gasteiger charge is -2.08. The Balaban J connectivity index is 1.93. The van der Waals surface area contributed by atoms with Gasteiger partial charge < -0.3 is 9.73 Å². The molecule has 1 heterocycles. The zero-order chi connectivity index (χ0) is 13.9. The first-order chi connectivity index (χ1) is 8.95. The second-order valence-corrected chi connectivity index (χ2v) is 4.02. The highest BCUT2D eigenvalue weighted by atomic mass is 19.4. The van der Waals surface area contributed by atoms with Crippen LogP contribution in [0.15, 0.2) is 28.7 Å². The summed E-state index contributed by atoms with van der Waals surface area (Å²) in [5.41, 5.74) is -0.105. The Morgan fingerprint density at radius 3 is 2.63 bits per heavy atom. The van der Waals surface area contributed by atoms with E-state index in [0.29, 0.717) is 30.4 Å². The first-order valence-corrected chi connectivity index (χ1v) is 5.61. The van der Waals surface area contributed by atoms with Crippen LogP contribution in [-0.4, -0.2) is 10.2 Å². The molecule has 2 rings (SSSR count). The number of hydrogen-bond acceptors (Lipinski definition) is 4. The van der Waals surface area contributed by atoms with Crippen molar-refractivity contribution in [1.29, 1.82) is 0 Å². The molecular weight excluding hydrogens is 259 g/mol. The fraction of sp³-hybridized carbons (Fsp3) is 0.333. The van der Waals surface area contributed by atoms with Crippen molar-refractivity contribution < 1.29 is 17.6 Å². The molecule has 1 N–H and O–H groups in total. The van der Waals surface area contributed by atoms with Gasteiger partial charge in [-0.2, -0.15) is 13.2 Å². The molecule has 0 saturated heterocycles. The number of nitrogens with zero attached hydrogens (tertiary/aromatic N) is 2. The number of rotatable bonds is 4. The lowest BCUT2D eigenvalue weighted by atomic mass is 10.1. The van der Waals surface area contributed by atoms with E-state index in [2.05, 4.69) is 15.5 Å². The van der Waals surface area contributed by atoms with E-state index in [4.69, 9.17) is 4.42 Å². The zero-order valence-corrected chi connectivity index (χ0v) is 10.2. The summed E-state index contributed by atoms with van der Waals surface area (Å²) in [6, 6.07) is 5.18. The third-order valence-electron chi connectivity index (χ3n) is 2.43. The average molecular weight is 271 g/mol. The van der Waals surface area contributed by atoms with E-state index in [-0.39, 0.29) is 0 Å². The minimum Gasteiger partial charge on any atom is -0.424 e. The van der Waals surface area contributed by atoms with Crippen LogP contribution in [0, 0.1) is 6.92 Å². The summed E-state index contributed by atoms with van der Waals surface area (Å²) in [7, 11) is 0. The molecule has 0 aliphatic rings. The van der Waals surface area contributed by atoms with Gasteiger partial charge in [0.15, 0.2) is 0 Å². The van der Waals surface area contributed by atoms with Crippen LogP contribution in [0.3, 0.4) is 0 Å². The summed E-state index contributed by atoms with van der Waals surface area (Å²) in [4.78, 5) is 0. The van der Waals surface area contributed by atoms with Crippen LogP contribution in [0.2, 0.25) is 0 Å². The van der Waals surface area contributed by atoms with Crippen molar-refractivity contribution >= 4 is 0 Å². The smallest absolute Gasteiger partial charge is 0.416 e. The van der Waals surface area contributed by atoms with Crippen molar-refractivity contribution in [3.05, 3.63) is 47.2 Å². The molecule has 0 bridgehead atoms. The van der Waals surface area contributed by atoms with Gasteiger partial charge in [-0.1, -0.05) is 18.2 Å². The average Bonchev–Trinajstić information content (AvgIpc) is 2.74.